The summed E-state index contributed by atoms with van der Waals surface area (Å²) in [6, 6.07) is 23.4. The van der Waals surface area contributed by atoms with Crippen molar-refractivity contribution in [3.8, 4) is 11.8 Å². The molecule has 0 saturated heterocycles. The van der Waals surface area contributed by atoms with E-state index in [2.05, 4.69) is 31.2 Å². The summed E-state index contributed by atoms with van der Waals surface area (Å²) in [6.45, 7) is 1.14. The summed E-state index contributed by atoms with van der Waals surface area (Å²) in [7, 11) is 5.38. The van der Waals surface area contributed by atoms with Gasteiger partial charge in [-0.1, -0.05) is 75.5 Å². The SMILES string of the molecule is C.C.Cn1[nH]ccc1=O.Cn1ncc(Br)c1OCc1ccccc1.Cn1nccc1OCc1ccccc1. The van der Waals surface area contributed by atoms with Gasteiger partial charge < -0.3 is 14.6 Å². The molecule has 0 fully saturated rings. The molecule has 0 atom stereocenters. The van der Waals surface area contributed by atoms with E-state index in [1.54, 1.807) is 35.0 Å². The van der Waals surface area contributed by atoms with Crippen LogP contribution >= 0.6 is 15.9 Å². The van der Waals surface area contributed by atoms with Crippen molar-refractivity contribution in [1.29, 1.82) is 0 Å². The Labute approximate surface area is 232 Å². The fourth-order valence-electron chi connectivity index (χ4n) is 2.92. The first-order chi connectivity index (χ1) is 17.4. The molecule has 204 valence electrons. The zero-order valence-corrected chi connectivity index (χ0v) is 22.0. The predicted molar refractivity (Wildman–Crippen MR) is 155 cm³/mol. The average Bonchev–Trinajstić information content (AvgIpc) is 3.59. The number of halogens is 1. The summed E-state index contributed by atoms with van der Waals surface area (Å²) in [5.74, 6) is 1.53. The van der Waals surface area contributed by atoms with Crippen LogP contribution in [0, 0.1) is 0 Å². The minimum Gasteiger partial charge on any atom is -0.473 e. The van der Waals surface area contributed by atoms with Gasteiger partial charge in [0.15, 0.2) is 0 Å². The molecule has 0 bridgehead atoms. The summed E-state index contributed by atoms with van der Waals surface area (Å²) in [6.07, 6.45) is 5.04. The lowest BCUT2D eigenvalue weighted by Gasteiger charge is -2.06. The van der Waals surface area contributed by atoms with Crippen LogP contribution in [-0.4, -0.2) is 29.3 Å². The fraction of sp³-hybridized carbons (Fsp3) is 0.250. The standard InChI is InChI=1S/C11H11BrN2O.C11H12N2O.C4H6N2O.2CH4/c1-14-11(10(12)7-13-14)15-8-9-5-3-2-4-6-9;1-13-11(7-8-12-13)14-9-10-5-3-2-4-6-10;1-6-4(7)2-3-5-6;;/h2-7H,8H2,1H3;2-8H,9H2,1H3;2-3,5H,1H3;2*1H4. The molecule has 0 aliphatic rings. The summed E-state index contributed by atoms with van der Waals surface area (Å²) in [5, 5.41) is 10.8. The van der Waals surface area contributed by atoms with Gasteiger partial charge in [0.25, 0.3) is 5.56 Å². The van der Waals surface area contributed by atoms with Gasteiger partial charge in [0, 0.05) is 39.5 Å². The minimum absolute atomic E-state index is 0. The van der Waals surface area contributed by atoms with Crippen LogP contribution in [0.15, 0.2) is 101 Å². The molecule has 3 aromatic heterocycles. The van der Waals surface area contributed by atoms with Gasteiger partial charge in [0.05, 0.1) is 16.9 Å². The second-order valence-corrected chi connectivity index (χ2v) is 8.48. The molecule has 5 aromatic rings. The van der Waals surface area contributed by atoms with E-state index in [0.717, 1.165) is 27.4 Å². The topological polar surface area (TPSA) is 91.9 Å². The number of hydrogen-bond donors (Lipinski definition) is 1. The van der Waals surface area contributed by atoms with Crippen molar-refractivity contribution < 1.29 is 9.47 Å². The first-order valence-electron chi connectivity index (χ1n) is 11.1. The summed E-state index contributed by atoms with van der Waals surface area (Å²) in [5.41, 5.74) is 2.30. The summed E-state index contributed by atoms with van der Waals surface area (Å²) in [4.78, 5) is 10.4. The molecule has 0 unspecified atom stereocenters. The Hall–Kier alpha value is -4.05. The van der Waals surface area contributed by atoms with Crippen LogP contribution in [0.3, 0.4) is 0 Å². The maximum atomic E-state index is 10.4. The molecule has 0 amide bonds. The lowest BCUT2D eigenvalue weighted by molar-refractivity contribution is 0.277. The molecule has 38 heavy (non-hydrogen) atoms. The lowest BCUT2D eigenvalue weighted by Crippen LogP contribution is -2.09. The highest BCUT2D eigenvalue weighted by Crippen LogP contribution is 2.23. The maximum absolute atomic E-state index is 10.4. The van der Waals surface area contributed by atoms with Crippen LogP contribution in [0.1, 0.15) is 26.0 Å². The van der Waals surface area contributed by atoms with Crippen LogP contribution in [0.2, 0.25) is 0 Å². The van der Waals surface area contributed by atoms with Crippen molar-refractivity contribution in [1.82, 2.24) is 29.3 Å². The molecule has 9 nitrogen and oxygen atoms in total. The van der Waals surface area contributed by atoms with Crippen molar-refractivity contribution in [2.24, 2.45) is 21.1 Å². The Morgan fingerprint density at radius 1 is 0.789 bits per heavy atom. The van der Waals surface area contributed by atoms with Crippen LogP contribution in [0.25, 0.3) is 0 Å². The van der Waals surface area contributed by atoms with E-state index in [0.29, 0.717) is 13.2 Å². The van der Waals surface area contributed by atoms with E-state index < -0.39 is 0 Å². The van der Waals surface area contributed by atoms with Crippen molar-refractivity contribution in [3.05, 3.63) is 117 Å². The normalized spacial score (nSPS) is 9.47. The quantitative estimate of drug-likeness (QED) is 0.274. The number of benzene rings is 2. The van der Waals surface area contributed by atoms with Crippen LogP contribution in [0.5, 0.6) is 11.8 Å². The highest BCUT2D eigenvalue weighted by molar-refractivity contribution is 9.10. The number of ether oxygens (including phenoxy) is 2. The van der Waals surface area contributed by atoms with E-state index in [4.69, 9.17) is 9.47 Å². The molecule has 3 heterocycles. The van der Waals surface area contributed by atoms with E-state index >= 15 is 0 Å². The lowest BCUT2D eigenvalue weighted by atomic mass is 10.2. The number of nitrogens with one attached hydrogen (secondary N) is 1. The Morgan fingerprint density at radius 2 is 1.37 bits per heavy atom. The number of hydrogen-bond acceptors (Lipinski definition) is 5. The van der Waals surface area contributed by atoms with E-state index in [1.165, 1.54) is 10.7 Å². The van der Waals surface area contributed by atoms with Crippen molar-refractivity contribution in [2.45, 2.75) is 28.1 Å². The summed E-state index contributed by atoms with van der Waals surface area (Å²) < 4.78 is 16.9. The number of aryl methyl sites for hydroxylation is 3. The molecule has 5 rings (SSSR count). The Kier molecular flexibility index (Phi) is 14.0. The molecule has 0 radical (unpaired) electrons. The molecule has 0 aliphatic carbocycles. The minimum atomic E-state index is 0. The number of aromatic amines is 1. The van der Waals surface area contributed by atoms with Crippen molar-refractivity contribution in [3.63, 3.8) is 0 Å². The largest absolute Gasteiger partial charge is 0.473 e. The molecule has 2 aromatic carbocycles. The first kappa shape index (κ1) is 32.0. The number of H-pyrrole nitrogens is 1. The third kappa shape index (κ3) is 10.1. The fourth-order valence-corrected chi connectivity index (χ4v) is 3.38. The molecule has 1 N–H and O–H groups in total. The monoisotopic (exact) mass is 584 g/mol. The maximum Gasteiger partial charge on any atom is 0.266 e. The third-order valence-corrected chi connectivity index (χ3v) is 5.43. The second-order valence-electron chi connectivity index (χ2n) is 7.62. The van der Waals surface area contributed by atoms with E-state index in [-0.39, 0.29) is 20.4 Å². The van der Waals surface area contributed by atoms with Gasteiger partial charge in [-0.15, -0.1) is 0 Å². The Morgan fingerprint density at radius 3 is 1.76 bits per heavy atom. The molecule has 0 aliphatic heterocycles. The zero-order valence-electron chi connectivity index (χ0n) is 20.4. The number of nitrogens with zero attached hydrogens (tertiary/aromatic N) is 5. The zero-order chi connectivity index (χ0) is 25.8. The van der Waals surface area contributed by atoms with Gasteiger partial charge >= 0.3 is 0 Å². The van der Waals surface area contributed by atoms with E-state index in [9.17, 15) is 4.79 Å². The second kappa shape index (κ2) is 16.6. The van der Waals surface area contributed by atoms with Crippen LogP contribution in [0.4, 0.5) is 0 Å². The van der Waals surface area contributed by atoms with Gasteiger partial charge in [0.1, 0.15) is 13.2 Å². The molecule has 0 spiro atoms. The first-order valence-corrected chi connectivity index (χ1v) is 11.9. The predicted octanol–water partition coefficient (Wildman–Crippen LogP) is 5.75. The van der Waals surface area contributed by atoms with Gasteiger partial charge in [0.2, 0.25) is 11.8 Å². The molecular formula is C28H37BrN6O3. The smallest absolute Gasteiger partial charge is 0.266 e. The highest BCUT2D eigenvalue weighted by atomic mass is 79.9. The van der Waals surface area contributed by atoms with Gasteiger partial charge in [-0.25, -0.2) is 9.36 Å². The Bertz CT molecular complexity index is 1340. The van der Waals surface area contributed by atoms with Crippen LogP contribution in [-0.2, 0) is 34.4 Å². The van der Waals surface area contributed by atoms with Gasteiger partial charge in [-0.05, 0) is 27.1 Å². The van der Waals surface area contributed by atoms with Crippen LogP contribution < -0.4 is 15.0 Å². The highest BCUT2D eigenvalue weighted by Gasteiger charge is 2.06. The van der Waals surface area contributed by atoms with Gasteiger partial charge in [-0.3, -0.25) is 9.48 Å². The number of rotatable bonds is 6. The molecule has 0 saturated carbocycles. The summed E-state index contributed by atoms with van der Waals surface area (Å²) >= 11 is 3.38. The average molecular weight is 586 g/mol. The molecule has 10 heteroatoms. The van der Waals surface area contributed by atoms with Crippen molar-refractivity contribution >= 4 is 15.9 Å². The van der Waals surface area contributed by atoms with E-state index in [1.807, 2.05) is 80.8 Å². The third-order valence-electron chi connectivity index (χ3n) is 4.89. The molecular weight excluding hydrogens is 548 g/mol. The van der Waals surface area contributed by atoms with Gasteiger partial charge in [-0.2, -0.15) is 10.2 Å². The Balaban J connectivity index is 0.000000294. The van der Waals surface area contributed by atoms with Crippen molar-refractivity contribution in [2.75, 3.05) is 0 Å². The number of aromatic nitrogens is 6.